The molecule has 78 valence electrons. The van der Waals surface area contributed by atoms with Crippen LogP contribution < -0.4 is 5.73 Å². The van der Waals surface area contributed by atoms with E-state index in [2.05, 4.69) is 32.8 Å². The molecule has 6 heteroatoms. The molecular weight excluding hydrogens is 325 g/mol. The summed E-state index contributed by atoms with van der Waals surface area (Å²) in [5.74, 6) is 0.572. The standard InChI is InChI=1S/C9H8IN3OS/c1-5-12-13-9(14-5)15-8-3-2-6(11)4-7(8)10/h2-4H,11H2,1H3. The summed E-state index contributed by atoms with van der Waals surface area (Å²) in [4.78, 5) is 1.06. The topological polar surface area (TPSA) is 64.9 Å². The lowest BCUT2D eigenvalue weighted by Gasteiger charge is -2.01. The molecule has 0 aliphatic rings. The molecule has 0 saturated heterocycles. The van der Waals surface area contributed by atoms with E-state index in [9.17, 15) is 0 Å². The number of nitrogen functional groups attached to an aromatic ring is 1. The Labute approximate surface area is 105 Å². The summed E-state index contributed by atoms with van der Waals surface area (Å²) in [5.41, 5.74) is 6.41. The van der Waals surface area contributed by atoms with Crippen molar-refractivity contribution in [2.24, 2.45) is 0 Å². The van der Waals surface area contributed by atoms with Gasteiger partial charge in [-0.25, -0.2) is 0 Å². The van der Waals surface area contributed by atoms with Crippen molar-refractivity contribution in [2.75, 3.05) is 5.73 Å². The van der Waals surface area contributed by atoms with Gasteiger partial charge in [-0.05, 0) is 52.6 Å². The largest absolute Gasteiger partial charge is 0.416 e. The summed E-state index contributed by atoms with van der Waals surface area (Å²) in [6.07, 6.45) is 0. The molecule has 1 aromatic carbocycles. The first-order valence-corrected chi connectivity index (χ1v) is 6.07. The summed E-state index contributed by atoms with van der Waals surface area (Å²) in [6, 6.07) is 5.71. The van der Waals surface area contributed by atoms with Crippen LogP contribution in [0.15, 0.2) is 32.7 Å². The second kappa shape index (κ2) is 4.40. The van der Waals surface area contributed by atoms with Crippen LogP contribution in [-0.2, 0) is 0 Å². The van der Waals surface area contributed by atoms with Gasteiger partial charge in [-0.3, -0.25) is 0 Å². The highest BCUT2D eigenvalue weighted by molar-refractivity contribution is 14.1. The number of aryl methyl sites for hydroxylation is 1. The molecular formula is C9H8IN3OS. The maximum atomic E-state index is 5.66. The maximum absolute atomic E-state index is 5.66. The van der Waals surface area contributed by atoms with Crippen LogP contribution in [-0.4, -0.2) is 10.2 Å². The fraction of sp³-hybridized carbons (Fsp3) is 0.111. The number of aromatic nitrogens is 2. The van der Waals surface area contributed by atoms with Gasteiger partial charge >= 0.3 is 0 Å². The van der Waals surface area contributed by atoms with Crippen molar-refractivity contribution in [3.63, 3.8) is 0 Å². The molecule has 0 unspecified atom stereocenters. The van der Waals surface area contributed by atoms with Crippen molar-refractivity contribution in [1.82, 2.24) is 10.2 Å². The molecule has 0 saturated carbocycles. The molecule has 0 aliphatic heterocycles. The van der Waals surface area contributed by atoms with Crippen molar-refractivity contribution in [3.8, 4) is 0 Å². The highest BCUT2D eigenvalue weighted by Crippen LogP contribution is 2.31. The number of rotatable bonds is 2. The number of halogens is 1. The zero-order valence-electron chi connectivity index (χ0n) is 7.90. The van der Waals surface area contributed by atoms with Crippen LogP contribution in [0.25, 0.3) is 0 Å². The first-order valence-electron chi connectivity index (χ1n) is 4.18. The number of nitrogens with zero attached hydrogens (tertiary/aromatic N) is 2. The lowest BCUT2D eigenvalue weighted by Crippen LogP contribution is -1.86. The normalized spacial score (nSPS) is 10.5. The van der Waals surface area contributed by atoms with Gasteiger partial charge in [0, 0.05) is 21.1 Å². The van der Waals surface area contributed by atoms with Crippen LogP contribution >= 0.6 is 34.4 Å². The fourth-order valence-corrected chi connectivity index (χ4v) is 2.61. The Hall–Kier alpha value is -0.760. The second-order valence-electron chi connectivity index (χ2n) is 2.88. The molecule has 1 aromatic heterocycles. The molecule has 15 heavy (non-hydrogen) atoms. The van der Waals surface area contributed by atoms with Crippen molar-refractivity contribution in [3.05, 3.63) is 27.7 Å². The SMILES string of the molecule is Cc1nnc(Sc2ccc(N)cc2I)o1. The summed E-state index contributed by atoms with van der Waals surface area (Å²) in [6.45, 7) is 1.77. The average Bonchev–Trinajstić information content (AvgIpc) is 2.56. The first-order chi connectivity index (χ1) is 7.15. The van der Waals surface area contributed by atoms with Crippen LogP contribution in [0.1, 0.15) is 5.89 Å². The maximum Gasteiger partial charge on any atom is 0.281 e. The molecule has 0 fully saturated rings. The molecule has 0 radical (unpaired) electrons. The zero-order valence-corrected chi connectivity index (χ0v) is 10.9. The van der Waals surface area contributed by atoms with Gasteiger partial charge in [-0.2, -0.15) is 0 Å². The third kappa shape index (κ3) is 2.63. The number of benzene rings is 1. The van der Waals surface area contributed by atoms with Crippen LogP contribution in [0, 0.1) is 10.5 Å². The van der Waals surface area contributed by atoms with Crippen LogP contribution in [0.2, 0.25) is 0 Å². The minimum absolute atomic E-state index is 0.551. The van der Waals surface area contributed by atoms with Crippen molar-refractivity contribution >= 4 is 40.0 Å². The van der Waals surface area contributed by atoms with Gasteiger partial charge in [-0.1, -0.05) is 0 Å². The Morgan fingerprint density at radius 1 is 1.40 bits per heavy atom. The third-order valence-electron chi connectivity index (χ3n) is 1.66. The molecule has 0 atom stereocenters. The number of hydrogen-bond acceptors (Lipinski definition) is 5. The van der Waals surface area contributed by atoms with E-state index < -0.39 is 0 Å². The summed E-state index contributed by atoms with van der Waals surface area (Å²) >= 11 is 3.67. The Balaban J connectivity index is 2.24. The Bertz CT molecular complexity index is 486. The van der Waals surface area contributed by atoms with Crippen LogP contribution in [0.3, 0.4) is 0 Å². The van der Waals surface area contributed by atoms with E-state index in [0.29, 0.717) is 11.1 Å². The summed E-state index contributed by atoms with van der Waals surface area (Å²) < 4.78 is 6.36. The lowest BCUT2D eigenvalue weighted by molar-refractivity contribution is 0.429. The smallest absolute Gasteiger partial charge is 0.281 e. The van der Waals surface area contributed by atoms with Gasteiger partial charge in [0.1, 0.15) is 0 Å². The molecule has 2 aromatic rings. The van der Waals surface area contributed by atoms with E-state index in [1.54, 1.807) is 6.92 Å². The quantitative estimate of drug-likeness (QED) is 0.676. The highest BCUT2D eigenvalue weighted by Gasteiger charge is 2.07. The number of anilines is 1. The van der Waals surface area contributed by atoms with Gasteiger partial charge < -0.3 is 10.2 Å². The monoisotopic (exact) mass is 333 g/mol. The average molecular weight is 333 g/mol. The minimum atomic E-state index is 0.551. The van der Waals surface area contributed by atoms with Crippen molar-refractivity contribution in [1.29, 1.82) is 0 Å². The van der Waals surface area contributed by atoms with Crippen molar-refractivity contribution in [2.45, 2.75) is 17.0 Å². The van der Waals surface area contributed by atoms with Gasteiger partial charge in [0.25, 0.3) is 5.22 Å². The molecule has 0 aliphatic carbocycles. The molecule has 0 spiro atoms. The molecule has 2 N–H and O–H groups in total. The molecule has 2 rings (SSSR count). The molecule has 0 amide bonds. The van der Waals surface area contributed by atoms with E-state index in [-0.39, 0.29) is 0 Å². The van der Waals surface area contributed by atoms with E-state index in [0.717, 1.165) is 14.2 Å². The van der Waals surface area contributed by atoms with E-state index >= 15 is 0 Å². The third-order valence-corrected chi connectivity index (χ3v) is 3.83. The second-order valence-corrected chi connectivity index (χ2v) is 5.03. The van der Waals surface area contributed by atoms with E-state index in [1.807, 2.05) is 18.2 Å². The predicted molar refractivity (Wildman–Crippen MR) is 66.7 cm³/mol. The van der Waals surface area contributed by atoms with Crippen LogP contribution in [0.4, 0.5) is 5.69 Å². The Kier molecular flexibility index (Phi) is 3.15. The minimum Gasteiger partial charge on any atom is -0.416 e. The van der Waals surface area contributed by atoms with Gasteiger partial charge in [0.05, 0.1) is 0 Å². The summed E-state index contributed by atoms with van der Waals surface area (Å²) in [7, 11) is 0. The fourth-order valence-electron chi connectivity index (χ4n) is 1.01. The first kappa shape index (κ1) is 10.7. The van der Waals surface area contributed by atoms with Gasteiger partial charge in [0.2, 0.25) is 5.89 Å². The Morgan fingerprint density at radius 3 is 2.80 bits per heavy atom. The number of hydrogen-bond donors (Lipinski definition) is 1. The van der Waals surface area contributed by atoms with Crippen molar-refractivity contribution < 1.29 is 4.42 Å². The predicted octanol–water partition coefficient (Wildman–Crippen LogP) is 2.72. The Morgan fingerprint density at radius 2 is 2.20 bits per heavy atom. The van der Waals surface area contributed by atoms with E-state index in [1.165, 1.54) is 11.8 Å². The van der Waals surface area contributed by atoms with Crippen LogP contribution in [0.5, 0.6) is 0 Å². The highest BCUT2D eigenvalue weighted by atomic mass is 127. The summed E-state index contributed by atoms with van der Waals surface area (Å²) in [5, 5.41) is 8.23. The molecule has 0 bridgehead atoms. The number of nitrogens with two attached hydrogens (primary N) is 1. The van der Waals surface area contributed by atoms with E-state index in [4.69, 9.17) is 10.2 Å². The molecule has 4 nitrogen and oxygen atoms in total. The zero-order chi connectivity index (χ0) is 10.8. The van der Waals surface area contributed by atoms with Gasteiger partial charge in [0.15, 0.2) is 0 Å². The molecule has 1 heterocycles. The van der Waals surface area contributed by atoms with Gasteiger partial charge in [-0.15, -0.1) is 10.2 Å². The lowest BCUT2D eigenvalue weighted by atomic mass is 10.3.